The first-order valence-corrected chi connectivity index (χ1v) is 5.98. The quantitative estimate of drug-likeness (QED) is 0.892. The zero-order chi connectivity index (χ0) is 13.2. The number of aliphatic hydroxyl groups is 1. The third-order valence-corrected chi connectivity index (χ3v) is 3.28. The van der Waals surface area contributed by atoms with Crippen molar-refractivity contribution in [3.63, 3.8) is 0 Å². The lowest BCUT2D eigenvalue weighted by atomic mass is 9.80. The number of rotatable bonds is 4. The maximum atomic E-state index is 12.0. The summed E-state index contributed by atoms with van der Waals surface area (Å²) in [5.41, 5.74) is 0.636. The molecule has 0 bridgehead atoms. The van der Waals surface area contributed by atoms with Gasteiger partial charge in [-0.1, -0.05) is 31.4 Å². The summed E-state index contributed by atoms with van der Waals surface area (Å²) in [6.07, 6.45) is -1.13. The molecule has 0 aromatic heterocycles. The van der Waals surface area contributed by atoms with Crippen molar-refractivity contribution >= 4 is 0 Å². The van der Waals surface area contributed by atoms with Gasteiger partial charge in [0.05, 0.1) is 6.10 Å². The Balaban J connectivity index is 1.93. The number of halogens is 3. The van der Waals surface area contributed by atoms with E-state index in [4.69, 9.17) is 0 Å². The molecule has 1 fully saturated rings. The fourth-order valence-electron chi connectivity index (χ4n) is 2.07. The molecule has 1 atom stereocenters. The van der Waals surface area contributed by atoms with Crippen LogP contribution in [-0.4, -0.2) is 11.5 Å². The number of alkyl halides is 3. The van der Waals surface area contributed by atoms with Gasteiger partial charge < -0.3 is 9.84 Å². The first kappa shape index (κ1) is 13.2. The topological polar surface area (TPSA) is 29.5 Å². The molecule has 100 valence electrons. The smallest absolute Gasteiger partial charge is 0.406 e. The molecule has 1 aromatic carbocycles. The molecule has 0 spiro atoms. The fourth-order valence-corrected chi connectivity index (χ4v) is 2.07. The second-order valence-electron chi connectivity index (χ2n) is 4.67. The molecule has 1 unspecified atom stereocenters. The van der Waals surface area contributed by atoms with Crippen molar-refractivity contribution in [2.75, 3.05) is 0 Å². The van der Waals surface area contributed by atoms with Crippen LogP contribution in [0.5, 0.6) is 5.75 Å². The predicted molar refractivity (Wildman–Crippen MR) is 60.0 cm³/mol. The minimum atomic E-state index is -4.67. The molecule has 2 rings (SSSR count). The van der Waals surface area contributed by atoms with Gasteiger partial charge in [0.2, 0.25) is 0 Å². The molecule has 1 N–H and O–H groups in total. The lowest BCUT2D eigenvalue weighted by Gasteiger charge is -2.27. The average molecular weight is 260 g/mol. The molecule has 1 aliphatic rings. The monoisotopic (exact) mass is 260 g/mol. The highest BCUT2D eigenvalue weighted by atomic mass is 19.4. The minimum absolute atomic E-state index is 0.262. The third kappa shape index (κ3) is 3.63. The molecule has 0 saturated heterocycles. The van der Waals surface area contributed by atoms with Crippen molar-refractivity contribution in [1.82, 2.24) is 0 Å². The van der Waals surface area contributed by atoms with Gasteiger partial charge in [0, 0.05) is 0 Å². The average Bonchev–Trinajstić information content (AvgIpc) is 2.22. The second-order valence-corrected chi connectivity index (χ2v) is 4.67. The van der Waals surface area contributed by atoms with Gasteiger partial charge in [0.1, 0.15) is 5.75 Å². The van der Waals surface area contributed by atoms with Crippen LogP contribution < -0.4 is 4.74 Å². The van der Waals surface area contributed by atoms with E-state index < -0.39 is 12.5 Å². The van der Waals surface area contributed by atoms with E-state index in [1.54, 1.807) is 0 Å². The summed E-state index contributed by atoms with van der Waals surface area (Å²) >= 11 is 0. The van der Waals surface area contributed by atoms with E-state index in [-0.39, 0.29) is 5.75 Å². The SMILES string of the molecule is OC(CC1CCC1)c1ccc(OC(F)(F)F)cc1. The van der Waals surface area contributed by atoms with Crippen molar-refractivity contribution in [3.05, 3.63) is 29.8 Å². The van der Waals surface area contributed by atoms with Crippen molar-refractivity contribution < 1.29 is 23.0 Å². The standard InChI is InChI=1S/C13H15F3O2/c14-13(15,16)18-11-6-4-10(5-7-11)12(17)8-9-2-1-3-9/h4-7,9,12,17H,1-3,8H2. The molecule has 1 aliphatic carbocycles. The number of hydrogen-bond donors (Lipinski definition) is 1. The molecular formula is C13H15F3O2. The summed E-state index contributed by atoms with van der Waals surface area (Å²) in [6.45, 7) is 0. The van der Waals surface area contributed by atoms with E-state index in [0.717, 1.165) is 12.8 Å². The Morgan fingerprint density at radius 3 is 2.28 bits per heavy atom. The number of hydrogen-bond acceptors (Lipinski definition) is 2. The second kappa shape index (κ2) is 5.18. The maximum absolute atomic E-state index is 12.0. The molecule has 18 heavy (non-hydrogen) atoms. The number of benzene rings is 1. The Morgan fingerprint density at radius 1 is 1.22 bits per heavy atom. The van der Waals surface area contributed by atoms with Crippen LogP contribution in [-0.2, 0) is 0 Å². The van der Waals surface area contributed by atoms with Gasteiger partial charge in [-0.3, -0.25) is 0 Å². The minimum Gasteiger partial charge on any atom is -0.406 e. The van der Waals surface area contributed by atoms with Crippen LogP contribution in [0, 0.1) is 5.92 Å². The van der Waals surface area contributed by atoms with Gasteiger partial charge >= 0.3 is 6.36 Å². The predicted octanol–water partition coefficient (Wildman–Crippen LogP) is 3.81. The molecule has 0 aliphatic heterocycles. The van der Waals surface area contributed by atoms with Crippen molar-refractivity contribution in [2.24, 2.45) is 5.92 Å². The Hall–Kier alpha value is -1.23. The lowest BCUT2D eigenvalue weighted by molar-refractivity contribution is -0.274. The first-order chi connectivity index (χ1) is 8.44. The van der Waals surface area contributed by atoms with Gasteiger partial charge in [-0.05, 0) is 30.0 Å². The Labute approximate surface area is 103 Å². The molecule has 0 amide bonds. The fraction of sp³-hybridized carbons (Fsp3) is 0.538. The largest absolute Gasteiger partial charge is 0.573 e. The van der Waals surface area contributed by atoms with E-state index in [2.05, 4.69) is 4.74 Å². The van der Waals surface area contributed by atoms with Gasteiger partial charge in [0.25, 0.3) is 0 Å². The van der Waals surface area contributed by atoms with Gasteiger partial charge in [0.15, 0.2) is 0 Å². The van der Waals surface area contributed by atoms with Crippen LogP contribution in [0.15, 0.2) is 24.3 Å². The highest BCUT2D eigenvalue weighted by Gasteiger charge is 2.31. The van der Waals surface area contributed by atoms with Gasteiger partial charge in [-0.25, -0.2) is 0 Å². The zero-order valence-electron chi connectivity index (χ0n) is 9.78. The molecule has 5 heteroatoms. The Bertz CT molecular complexity index is 382. The summed E-state index contributed by atoms with van der Waals surface area (Å²) in [6, 6.07) is 5.41. The maximum Gasteiger partial charge on any atom is 0.573 e. The van der Waals surface area contributed by atoms with Crippen LogP contribution in [0.1, 0.15) is 37.4 Å². The van der Waals surface area contributed by atoms with E-state index in [1.165, 1.54) is 30.7 Å². The first-order valence-electron chi connectivity index (χ1n) is 5.98. The van der Waals surface area contributed by atoms with E-state index in [0.29, 0.717) is 17.9 Å². The van der Waals surface area contributed by atoms with E-state index >= 15 is 0 Å². The number of aliphatic hydroxyl groups excluding tert-OH is 1. The van der Waals surface area contributed by atoms with Crippen LogP contribution in [0.3, 0.4) is 0 Å². The molecular weight excluding hydrogens is 245 g/mol. The Kier molecular flexibility index (Phi) is 3.80. The lowest BCUT2D eigenvalue weighted by Crippen LogP contribution is -2.17. The highest BCUT2D eigenvalue weighted by molar-refractivity contribution is 5.28. The van der Waals surface area contributed by atoms with E-state index in [1.807, 2.05) is 0 Å². The van der Waals surface area contributed by atoms with Crippen LogP contribution in [0.2, 0.25) is 0 Å². The van der Waals surface area contributed by atoms with Crippen molar-refractivity contribution in [3.8, 4) is 5.75 Å². The summed E-state index contributed by atoms with van der Waals surface area (Å²) in [5, 5.41) is 9.92. The molecule has 2 nitrogen and oxygen atoms in total. The van der Waals surface area contributed by atoms with Crippen molar-refractivity contribution in [2.45, 2.75) is 38.1 Å². The zero-order valence-corrected chi connectivity index (χ0v) is 9.78. The van der Waals surface area contributed by atoms with E-state index in [9.17, 15) is 18.3 Å². The Morgan fingerprint density at radius 2 is 1.83 bits per heavy atom. The van der Waals surface area contributed by atoms with Crippen LogP contribution in [0.4, 0.5) is 13.2 Å². The molecule has 0 radical (unpaired) electrons. The van der Waals surface area contributed by atoms with Crippen LogP contribution >= 0.6 is 0 Å². The third-order valence-electron chi connectivity index (χ3n) is 3.28. The highest BCUT2D eigenvalue weighted by Crippen LogP contribution is 2.35. The summed E-state index contributed by atoms with van der Waals surface area (Å²) in [4.78, 5) is 0. The normalized spacial score (nSPS) is 18.2. The summed E-state index contributed by atoms with van der Waals surface area (Å²) in [5.74, 6) is 0.285. The summed E-state index contributed by atoms with van der Waals surface area (Å²) in [7, 11) is 0. The van der Waals surface area contributed by atoms with Crippen molar-refractivity contribution in [1.29, 1.82) is 0 Å². The van der Waals surface area contributed by atoms with Gasteiger partial charge in [-0.15, -0.1) is 13.2 Å². The molecule has 1 aromatic rings. The van der Waals surface area contributed by atoms with Gasteiger partial charge in [-0.2, -0.15) is 0 Å². The summed E-state index contributed by atoms with van der Waals surface area (Å²) < 4.78 is 39.6. The molecule has 0 heterocycles. The van der Waals surface area contributed by atoms with Crippen LogP contribution in [0.25, 0.3) is 0 Å². The molecule has 1 saturated carbocycles. The number of ether oxygens (including phenoxy) is 1.